The molecule has 140 valence electrons. The third-order valence-corrected chi connectivity index (χ3v) is 4.34. The summed E-state index contributed by atoms with van der Waals surface area (Å²) in [6.07, 6.45) is 0.971. The van der Waals surface area contributed by atoms with Crippen molar-refractivity contribution in [1.29, 1.82) is 0 Å². The van der Waals surface area contributed by atoms with Crippen molar-refractivity contribution in [2.24, 2.45) is 0 Å². The number of aromatic nitrogens is 2. The van der Waals surface area contributed by atoms with Gasteiger partial charge < -0.3 is 5.32 Å². The maximum Gasteiger partial charge on any atom is 0.324 e. The van der Waals surface area contributed by atoms with E-state index in [1.54, 1.807) is 4.68 Å². The van der Waals surface area contributed by atoms with Gasteiger partial charge in [-0.1, -0.05) is 58.0 Å². The van der Waals surface area contributed by atoms with Crippen molar-refractivity contribution in [2.45, 2.75) is 39.5 Å². The third-order valence-electron chi connectivity index (χ3n) is 4.34. The second-order valence-corrected chi connectivity index (χ2v) is 7.54. The Morgan fingerprint density at radius 3 is 2.26 bits per heavy atom. The minimum Gasteiger partial charge on any atom is -0.308 e. The van der Waals surface area contributed by atoms with Crippen molar-refractivity contribution < 1.29 is 4.79 Å². The molecule has 0 saturated carbocycles. The van der Waals surface area contributed by atoms with Gasteiger partial charge in [0.05, 0.1) is 11.4 Å². The molecule has 0 atom stereocenters. The molecule has 1 aromatic heterocycles. The van der Waals surface area contributed by atoms with Crippen molar-refractivity contribution in [3.05, 3.63) is 71.9 Å². The zero-order valence-corrected chi connectivity index (χ0v) is 16.3. The predicted molar refractivity (Wildman–Crippen MR) is 111 cm³/mol. The number of amides is 2. The van der Waals surface area contributed by atoms with Crippen LogP contribution in [-0.4, -0.2) is 15.8 Å². The zero-order valence-electron chi connectivity index (χ0n) is 16.3. The first-order valence-corrected chi connectivity index (χ1v) is 9.20. The largest absolute Gasteiger partial charge is 0.324 e. The number of anilines is 2. The quantitative estimate of drug-likeness (QED) is 0.655. The molecule has 2 amide bonds. The Kier molecular flexibility index (Phi) is 5.31. The Balaban J connectivity index is 1.84. The van der Waals surface area contributed by atoms with E-state index in [0.717, 1.165) is 23.5 Å². The summed E-state index contributed by atoms with van der Waals surface area (Å²) in [7, 11) is 0. The first-order chi connectivity index (χ1) is 12.9. The zero-order chi connectivity index (χ0) is 19.4. The lowest BCUT2D eigenvalue weighted by atomic mass is 9.92. The first kappa shape index (κ1) is 18.7. The molecule has 27 heavy (non-hydrogen) atoms. The van der Waals surface area contributed by atoms with Crippen LogP contribution in [0.15, 0.2) is 60.7 Å². The molecule has 2 aromatic carbocycles. The molecule has 3 rings (SSSR count). The van der Waals surface area contributed by atoms with Gasteiger partial charge in [-0.15, -0.1) is 0 Å². The van der Waals surface area contributed by atoms with E-state index >= 15 is 0 Å². The van der Waals surface area contributed by atoms with E-state index in [1.807, 2.05) is 60.7 Å². The summed E-state index contributed by atoms with van der Waals surface area (Å²) in [6.45, 7) is 8.41. The summed E-state index contributed by atoms with van der Waals surface area (Å²) >= 11 is 0. The van der Waals surface area contributed by atoms with Crippen LogP contribution in [0.3, 0.4) is 0 Å². The van der Waals surface area contributed by atoms with E-state index in [0.29, 0.717) is 5.82 Å². The number of nitrogens with zero attached hydrogens (tertiary/aromatic N) is 2. The van der Waals surface area contributed by atoms with Crippen molar-refractivity contribution in [2.75, 3.05) is 10.6 Å². The number of nitrogens with one attached hydrogen (secondary N) is 2. The number of para-hydroxylation sites is 1. The first-order valence-electron chi connectivity index (χ1n) is 9.20. The molecule has 0 aliphatic heterocycles. The van der Waals surface area contributed by atoms with E-state index < -0.39 is 0 Å². The van der Waals surface area contributed by atoms with E-state index in [-0.39, 0.29) is 11.4 Å². The minimum absolute atomic E-state index is 0.122. The van der Waals surface area contributed by atoms with E-state index in [1.165, 1.54) is 5.56 Å². The Morgan fingerprint density at radius 2 is 1.67 bits per heavy atom. The molecule has 2 N–H and O–H groups in total. The molecule has 0 unspecified atom stereocenters. The number of hydrogen-bond acceptors (Lipinski definition) is 2. The normalized spacial score (nSPS) is 11.3. The van der Waals surface area contributed by atoms with Crippen LogP contribution in [0.4, 0.5) is 16.3 Å². The van der Waals surface area contributed by atoms with Crippen LogP contribution in [-0.2, 0) is 11.8 Å². The molecule has 3 aromatic rings. The Hall–Kier alpha value is -3.08. The average molecular weight is 362 g/mol. The van der Waals surface area contributed by atoms with E-state index in [9.17, 15) is 4.79 Å². The Labute approximate surface area is 160 Å². The predicted octanol–water partition coefficient (Wildman–Crippen LogP) is 5.38. The van der Waals surface area contributed by atoms with Gasteiger partial charge in [-0.05, 0) is 36.2 Å². The van der Waals surface area contributed by atoms with Crippen LogP contribution in [0.1, 0.15) is 39.0 Å². The lowest BCUT2D eigenvalue weighted by molar-refractivity contribution is 0.262. The number of carbonyl (C=O) groups excluding carboxylic acids is 1. The van der Waals surface area contributed by atoms with Crippen molar-refractivity contribution in [1.82, 2.24) is 9.78 Å². The second-order valence-electron chi connectivity index (χ2n) is 7.54. The standard InChI is InChI=1S/C22H26N4O/c1-5-16-11-13-17(14-12-16)23-21(27)24-20-15-19(22(2,3)4)25-26(20)18-9-7-6-8-10-18/h6-15H,5H2,1-4H3,(H2,23,24,27). The highest BCUT2D eigenvalue weighted by atomic mass is 16.2. The fourth-order valence-electron chi connectivity index (χ4n) is 2.71. The number of hydrogen-bond donors (Lipinski definition) is 2. The number of aryl methyl sites for hydroxylation is 1. The molecule has 0 saturated heterocycles. The minimum atomic E-state index is -0.295. The monoisotopic (exact) mass is 362 g/mol. The molecule has 5 heteroatoms. The smallest absolute Gasteiger partial charge is 0.308 e. The summed E-state index contributed by atoms with van der Waals surface area (Å²) < 4.78 is 1.76. The summed E-state index contributed by atoms with van der Waals surface area (Å²) in [4.78, 5) is 12.5. The van der Waals surface area contributed by atoms with Gasteiger partial charge >= 0.3 is 6.03 Å². The Morgan fingerprint density at radius 1 is 1.00 bits per heavy atom. The molecule has 0 aliphatic rings. The van der Waals surface area contributed by atoms with Gasteiger partial charge in [0.1, 0.15) is 5.82 Å². The maximum atomic E-state index is 12.5. The van der Waals surface area contributed by atoms with Gasteiger partial charge in [-0.2, -0.15) is 5.10 Å². The lowest BCUT2D eigenvalue weighted by Gasteiger charge is -2.14. The van der Waals surface area contributed by atoms with E-state index in [2.05, 4.69) is 38.3 Å². The lowest BCUT2D eigenvalue weighted by Crippen LogP contribution is -2.21. The molecule has 0 aliphatic carbocycles. The van der Waals surface area contributed by atoms with Crippen molar-refractivity contribution in [3.8, 4) is 5.69 Å². The van der Waals surface area contributed by atoms with Crippen LogP contribution in [0.5, 0.6) is 0 Å². The second kappa shape index (κ2) is 7.66. The molecule has 0 fully saturated rings. The molecular weight excluding hydrogens is 336 g/mol. The van der Waals surface area contributed by atoms with Crippen LogP contribution in [0, 0.1) is 0 Å². The van der Waals surface area contributed by atoms with Gasteiger partial charge in [-0.25, -0.2) is 9.48 Å². The molecule has 0 bridgehead atoms. The van der Waals surface area contributed by atoms with Gasteiger partial charge in [0.2, 0.25) is 0 Å². The van der Waals surface area contributed by atoms with Gasteiger partial charge in [-0.3, -0.25) is 5.32 Å². The summed E-state index contributed by atoms with van der Waals surface area (Å²) in [5.74, 6) is 0.633. The maximum absolute atomic E-state index is 12.5. The topological polar surface area (TPSA) is 59.0 Å². The number of carbonyl (C=O) groups is 1. The molecule has 0 spiro atoms. The highest BCUT2D eigenvalue weighted by Gasteiger charge is 2.21. The van der Waals surface area contributed by atoms with Crippen molar-refractivity contribution >= 4 is 17.5 Å². The fraction of sp³-hybridized carbons (Fsp3) is 0.273. The average Bonchev–Trinajstić information content (AvgIpc) is 3.07. The summed E-state index contributed by atoms with van der Waals surface area (Å²) in [5.41, 5.74) is 3.68. The highest BCUT2D eigenvalue weighted by Crippen LogP contribution is 2.26. The highest BCUT2D eigenvalue weighted by molar-refractivity contribution is 5.99. The SMILES string of the molecule is CCc1ccc(NC(=O)Nc2cc(C(C)(C)C)nn2-c2ccccc2)cc1. The van der Waals surface area contributed by atoms with Crippen LogP contribution in [0.25, 0.3) is 5.69 Å². The van der Waals surface area contributed by atoms with Gasteiger partial charge in [0.25, 0.3) is 0 Å². The third kappa shape index (κ3) is 4.56. The van der Waals surface area contributed by atoms with Crippen molar-refractivity contribution in [3.63, 3.8) is 0 Å². The molecule has 1 heterocycles. The molecule has 0 radical (unpaired) electrons. The fourth-order valence-corrected chi connectivity index (χ4v) is 2.71. The summed E-state index contributed by atoms with van der Waals surface area (Å²) in [5, 5.41) is 10.5. The molecular formula is C22H26N4O. The van der Waals surface area contributed by atoms with Crippen LogP contribution < -0.4 is 10.6 Å². The van der Waals surface area contributed by atoms with Gasteiger partial charge in [0.15, 0.2) is 0 Å². The number of urea groups is 1. The Bertz CT molecular complexity index is 906. The summed E-state index contributed by atoms with van der Waals surface area (Å²) in [6, 6.07) is 19.3. The number of benzene rings is 2. The van der Waals surface area contributed by atoms with Crippen LogP contribution in [0.2, 0.25) is 0 Å². The van der Waals surface area contributed by atoms with Gasteiger partial charge in [0, 0.05) is 17.2 Å². The van der Waals surface area contributed by atoms with Crippen LogP contribution >= 0.6 is 0 Å². The molecule has 5 nitrogen and oxygen atoms in total. The number of rotatable bonds is 4. The van der Waals surface area contributed by atoms with E-state index in [4.69, 9.17) is 5.10 Å².